The van der Waals surface area contributed by atoms with Crippen LogP contribution in [0.15, 0.2) is 54.7 Å². The second-order valence-corrected chi connectivity index (χ2v) is 7.79. The quantitative estimate of drug-likeness (QED) is 0.622. The van der Waals surface area contributed by atoms with Gasteiger partial charge in [0.25, 0.3) is 0 Å². The van der Waals surface area contributed by atoms with Gasteiger partial charge in [-0.3, -0.25) is 4.98 Å². The summed E-state index contributed by atoms with van der Waals surface area (Å²) in [6, 6.07) is 18.6. The zero-order valence-electron chi connectivity index (χ0n) is 15.7. The van der Waals surface area contributed by atoms with E-state index in [1.54, 1.807) is 0 Å². The molecule has 0 unspecified atom stereocenters. The van der Waals surface area contributed by atoms with E-state index in [2.05, 4.69) is 21.7 Å². The third kappa shape index (κ3) is 4.27. The molecule has 0 saturated heterocycles. The molecule has 1 aromatic heterocycles. The third-order valence-corrected chi connectivity index (χ3v) is 5.70. The first kappa shape index (κ1) is 18.7. The molecular formula is C23H23ClN4. The van der Waals surface area contributed by atoms with E-state index in [-0.39, 0.29) is 0 Å². The highest BCUT2D eigenvalue weighted by molar-refractivity contribution is 6.31. The molecule has 2 atom stereocenters. The van der Waals surface area contributed by atoms with Crippen molar-refractivity contribution in [3.8, 4) is 6.07 Å². The van der Waals surface area contributed by atoms with Gasteiger partial charge in [-0.2, -0.15) is 5.26 Å². The smallest absolute Gasteiger partial charge is 0.0991 e. The molecule has 1 aliphatic rings. The number of aromatic nitrogens is 1. The van der Waals surface area contributed by atoms with Gasteiger partial charge < -0.3 is 10.6 Å². The number of fused-ring (bicyclic) bond motifs is 1. The maximum absolute atomic E-state index is 8.94. The van der Waals surface area contributed by atoms with Crippen LogP contribution in [0.3, 0.4) is 0 Å². The van der Waals surface area contributed by atoms with Crippen LogP contribution in [-0.4, -0.2) is 17.1 Å². The number of rotatable bonds is 5. The average molecular weight is 391 g/mol. The molecule has 2 aromatic carbocycles. The van der Waals surface area contributed by atoms with Gasteiger partial charge in [0.1, 0.15) is 0 Å². The largest absolute Gasteiger partial charge is 0.380 e. The Kier molecular flexibility index (Phi) is 5.76. The highest BCUT2D eigenvalue weighted by Gasteiger charge is 2.25. The zero-order chi connectivity index (χ0) is 19.3. The minimum absolute atomic E-state index is 0.369. The van der Waals surface area contributed by atoms with Crippen LogP contribution in [0.25, 0.3) is 10.9 Å². The number of halogens is 1. The van der Waals surface area contributed by atoms with Gasteiger partial charge in [-0.1, -0.05) is 36.6 Å². The number of nitriles is 1. The van der Waals surface area contributed by atoms with Gasteiger partial charge >= 0.3 is 0 Å². The number of anilines is 1. The first-order valence-electron chi connectivity index (χ1n) is 9.76. The van der Waals surface area contributed by atoms with Gasteiger partial charge in [0.2, 0.25) is 0 Å². The van der Waals surface area contributed by atoms with E-state index in [0.29, 0.717) is 22.7 Å². The number of benzene rings is 2. The number of pyridine rings is 1. The van der Waals surface area contributed by atoms with Crippen molar-refractivity contribution in [3.05, 3.63) is 70.9 Å². The van der Waals surface area contributed by atoms with Crippen LogP contribution in [-0.2, 0) is 6.54 Å². The SMILES string of the molecule is N#Cc1ccc(CN[C@H]2CCCC[C@@H]2Nc2ccnc3cc(Cl)ccc23)cc1. The summed E-state index contributed by atoms with van der Waals surface area (Å²) in [7, 11) is 0. The van der Waals surface area contributed by atoms with Gasteiger partial charge in [0.05, 0.1) is 17.1 Å². The van der Waals surface area contributed by atoms with Crippen LogP contribution in [0, 0.1) is 11.3 Å². The maximum atomic E-state index is 8.94. The van der Waals surface area contributed by atoms with Crippen molar-refractivity contribution in [3.63, 3.8) is 0 Å². The van der Waals surface area contributed by atoms with Crippen LogP contribution in [0.5, 0.6) is 0 Å². The summed E-state index contributed by atoms with van der Waals surface area (Å²) in [6.45, 7) is 0.807. The van der Waals surface area contributed by atoms with Crippen LogP contribution >= 0.6 is 11.6 Å². The molecule has 0 aliphatic heterocycles. The van der Waals surface area contributed by atoms with Gasteiger partial charge in [-0.05, 0) is 54.8 Å². The van der Waals surface area contributed by atoms with Gasteiger partial charge in [0.15, 0.2) is 0 Å². The van der Waals surface area contributed by atoms with Crippen LogP contribution in [0.4, 0.5) is 5.69 Å². The Bertz CT molecular complexity index is 994. The lowest BCUT2D eigenvalue weighted by Gasteiger charge is -2.34. The maximum Gasteiger partial charge on any atom is 0.0991 e. The standard InChI is InChI=1S/C23H23ClN4/c24-18-9-10-19-20(11-12-26-23(19)13-18)28-22-4-2-1-3-21(22)27-15-17-7-5-16(14-25)6-8-17/h5-13,21-22,27H,1-4,15H2,(H,26,28)/t21-,22-/m0/s1. The summed E-state index contributed by atoms with van der Waals surface area (Å²) < 4.78 is 0. The summed E-state index contributed by atoms with van der Waals surface area (Å²) in [6.07, 6.45) is 6.62. The third-order valence-electron chi connectivity index (χ3n) is 5.46. The van der Waals surface area contributed by atoms with E-state index >= 15 is 0 Å². The average Bonchev–Trinajstić information content (AvgIpc) is 2.73. The fraction of sp³-hybridized carbons (Fsp3) is 0.304. The molecule has 0 radical (unpaired) electrons. The van der Waals surface area contributed by atoms with E-state index < -0.39 is 0 Å². The Balaban J connectivity index is 1.47. The Hall–Kier alpha value is -2.61. The first-order valence-corrected chi connectivity index (χ1v) is 10.1. The monoisotopic (exact) mass is 390 g/mol. The second kappa shape index (κ2) is 8.60. The predicted molar refractivity (Wildman–Crippen MR) is 114 cm³/mol. The Morgan fingerprint density at radius 3 is 2.61 bits per heavy atom. The number of nitrogens with zero attached hydrogens (tertiary/aromatic N) is 2. The summed E-state index contributed by atoms with van der Waals surface area (Å²) in [5.74, 6) is 0. The minimum atomic E-state index is 0.369. The van der Waals surface area contributed by atoms with Crippen LogP contribution in [0.2, 0.25) is 5.02 Å². The van der Waals surface area contributed by atoms with E-state index in [9.17, 15) is 0 Å². The van der Waals surface area contributed by atoms with Crippen molar-refractivity contribution < 1.29 is 0 Å². The Morgan fingerprint density at radius 1 is 1.04 bits per heavy atom. The van der Waals surface area contributed by atoms with E-state index in [1.807, 2.05) is 54.7 Å². The van der Waals surface area contributed by atoms with E-state index in [1.165, 1.54) is 18.4 Å². The topological polar surface area (TPSA) is 60.7 Å². The Morgan fingerprint density at radius 2 is 1.82 bits per heavy atom. The predicted octanol–water partition coefficient (Wildman–Crippen LogP) is 5.27. The fourth-order valence-corrected chi connectivity index (χ4v) is 4.11. The summed E-state index contributed by atoms with van der Waals surface area (Å²) >= 11 is 6.12. The minimum Gasteiger partial charge on any atom is -0.380 e. The molecule has 4 rings (SSSR count). The molecule has 4 nitrogen and oxygen atoms in total. The zero-order valence-corrected chi connectivity index (χ0v) is 16.4. The second-order valence-electron chi connectivity index (χ2n) is 7.35. The van der Waals surface area contributed by atoms with E-state index in [4.69, 9.17) is 16.9 Å². The molecule has 142 valence electrons. The summed E-state index contributed by atoms with van der Waals surface area (Å²) in [5.41, 5.74) is 3.92. The molecule has 2 N–H and O–H groups in total. The van der Waals surface area contributed by atoms with Crippen molar-refractivity contribution in [1.29, 1.82) is 5.26 Å². The highest BCUT2D eigenvalue weighted by atomic mass is 35.5. The van der Waals surface area contributed by atoms with Crippen molar-refractivity contribution >= 4 is 28.2 Å². The van der Waals surface area contributed by atoms with Crippen molar-refractivity contribution in [1.82, 2.24) is 10.3 Å². The molecule has 5 heteroatoms. The number of nitrogens with one attached hydrogen (secondary N) is 2. The molecule has 28 heavy (non-hydrogen) atoms. The van der Waals surface area contributed by atoms with Gasteiger partial charge in [0, 0.05) is 40.9 Å². The van der Waals surface area contributed by atoms with Crippen LogP contribution < -0.4 is 10.6 Å². The normalized spacial score (nSPS) is 19.3. The highest BCUT2D eigenvalue weighted by Crippen LogP contribution is 2.28. The lowest BCUT2D eigenvalue weighted by Crippen LogP contribution is -2.45. The van der Waals surface area contributed by atoms with Gasteiger partial charge in [-0.25, -0.2) is 0 Å². The molecule has 1 saturated carbocycles. The molecule has 1 aliphatic carbocycles. The fourth-order valence-electron chi connectivity index (χ4n) is 3.94. The first-order chi connectivity index (χ1) is 13.7. The number of hydrogen-bond acceptors (Lipinski definition) is 4. The number of hydrogen-bond donors (Lipinski definition) is 2. The molecule has 1 heterocycles. The summed E-state index contributed by atoms with van der Waals surface area (Å²) in [5, 5.41) is 18.2. The van der Waals surface area contributed by atoms with Gasteiger partial charge in [-0.15, -0.1) is 0 Å². The van der Waals surface area contributed by atoms with E-state index in [0.717, 1.165) is 36.0 Å². The molecule has 1 fully saturated rings. The molecule has 3 aromatic rings. The van der Waals surface area contributed by atoms with Crippen molar-refractivity contribution in [2.24, 2.45) is 0 Å². The molecule has 0 spiro atoms. The Labute approximate surface area is 170 Å². The van der Waals surface area contributed by atoms with Crippen molar-refractivity contribution in [2.75, 3.05) is 5.32 Å². The lowest BCUT2D eigenvalue weighted by molar-refractivity contribution is 0.342. The molecule has 0 bridgehead atoms. The molecule has 0 amide bonds. The summed E-state index contributed by atoms with van der Waals surface area (Å²) in [4.78, 5) is 4.44. The van der Waals surface area contributed by atoms with Crippen LogP contribution in [0.1, 0.15) is 36.8 Å². The molecular weight excluding hydrogens is 368 g/mol. The van der Waals surface area contributed by atoms with Crippen molar-refractivity contribution in [2.45, 2.75) is 44.3 Å². The lowest BCUT2D eigenvalue weighted by atomic mass is 9.89.